The van der Waals surface area contributed by atoms with Crippen molar-refractivity contribution in [2.45, 2.75) is 13.0 Å². The van der Waals surface area contributed by atoms with Crippen molar-refractivity contribution in [2.24, 2.45) is 0 Å². The van der Waals surface area contributed by atoms with E-state index in [1.54, 1.807) is 4.90 Å². The molecular formula is C19H19Cl2N3O3. The number of nitro benzene ring substituents is 1. The number of carbonyl (C=O) groups excluding carboxylic acids is 1. The number of halogens is 2. The minimum Gasteiger partial charge on any atom is -0.337 e. The van der Waals surface area contributed by atoms with Crippen LogP contribution >= 0.6 is 23.2 Å². The van der Waals surface area contributed by atoms with Crippen LogP contribution in [0.4, 0.5) is 5.69 Å². The molecule has 142 valence electrons. The third-order valence-electron chi connectivity index (χ3n) is 4.58. The Balaban J connectivity index is 1.68. The van der Waals surface area contributed by atoms with Crippen molar-refractivity contribution in [3.8, 4) is 0 Å². The molecule has 1 heterocycles. The number of amides is 1. The highest BCUT2D eigenvalue weighted by atomic mass is 35.5. The summed E-state index contributed by atoms with van der Waals surface area (Å²) < 4.78 is 0. The molecule has 8 heteroatoms. The molecule has 2 aromatic carbocycles. The second-order valence-corrected chi connectivity index (χ2v) is 7.34. The third kappa shape index (κ3) is 4.97. The largest absolute Gasteiger partial charge is 0.337 e. The molecule has 2 aromatic rings. The highest BCUT2D eigenvalue weighted by Crippen LogP contribution is 2.25. The van der Waals surface area contributed by atoms with E-state index in [-0.39, 0.29) is 22.2 Å². The van der Waals surface area contributed by atoms with Crippen LogP contribution in [0, 0.1) is 10.1 Å². The molecule has 0 unspecified atom stereocenters. The van der Waals surface area contributed by atoms with Crippen molar-refractivity contribution >= 4 is 34.8 Å². The number of benzene rings is 2. The zero-order valence-electron chi connectivity index (χ0n) is 14.6. The topological polar surface area (TPSA) is 66.7 Å². The SMILES string of the molecule is O=C(c1ccc(Cl)cc1[N+](=O)[O-])N1CCCN(Cc2ccc(Cl)cc2)CC1. The van der Waals surface area contributed by atoms with Gasteiger partial charge in [0.1, 0.15) is 5.56 Å². The van der Waals surface area contributed by atoms with Gasteiger partial charge in [-0.3, -0.25) is 19.8 Å². The van der Waals surface area contributed by atoms with E-state index in [2.05, 4.69) is 4.90 Å². The first-order chi connectivity index (χ1) is 12.9. The van der Waals surface area contributed by atoms with Crippen molar-refractivity contribution in [1.82, 2.24) is 9.80 Å². The van der Waals surface area contributed by atoms with E-state index < -0.39 is 4.92 Å². The van der Waals surface area contributed by atoms with Crippen LogP contribution < -0.4 is 0 Å². The molecular weight excluding hydrogens is 389 g/mol. The molecule has 0 bridgehead atoms. The summed E-state index contributed by atoms with van der Waals surface area (Å²) >= 11 is 11.8. The Labute approximate surface area is 167 Å². The molecule has 0 aromatic heterocycles. The van der Waals surface area contributed by atoms with Crippen LogP contribution in [0.2, 0.25) is 10.0 Å². The van der Waals surface area contributed by atoms with Gasteiger partial charge in [0.25, 0.3) is 11.6 Å². The van der Waals surface area contributed by atoms with Crippen LogP contribution in [0.15, 0.2) is 42.5 Å². The van der Waals surface area contributed by atoms with Crippen LogP contribution in [-0.4, -0.2) is 46.8 Å². The minimum absolute atomic E-state index is 0.0792. The summed E-state index contributed by atoms with van der Waals surface area (Å²) in [6, 6.07) is 11.9. The van der Waals surface area contributed by atoms with E-state index in [0.29, 0.717) is 24.7 Å². The fourth-order valence-electron chi connectivity index (χ4n) is 3.19. The maximum absolute atomic E-state index is 12.8. The predicted molar refractivity (Wildman–Crippen MR) is 105 cm³/mol. The summed E-state index contributed by atoms with van der Waals surface area (Å²) in [5.74, 6) is -0.327. The van der Waals surface area contributed by atoms with Crippen LogP contribution in [0.3, 0.4) is 0 Å². The molecule has 0 radical (unpaired) electrons. The molecule has 1 aliphatic heterocycles. The summed E-state index contributed by atoms with van der Waals surface area (Å²) in [4.78, 5) is 27.5. The van der Waals surface area contributed by atoms with Crippen molar-refractivity contribution < 1.29 is 9.72 Å². The molecule has 0 atom stereocenters. The van der Waals surface area contributed by atoms with Crippen molar-refractivity contribution in [1.29, 1.82) is 0 Å². The van der Waals surface area contributed by atoms with Gasteiger partial charge >= 0.3 is 0 Å². The van der Waals surface area contributed by atoms with Gasteiger partial charge in [-0.15, -0.1) is 0 Å². The highest BCUT2D eigenvalue weighted by molar-refractivity contribution is 6.31. The molecule has 0 spiro atoms. The first-order valence-corrected chi connectivity index (χ1v) is 9.39. The fourth-order valence-corrected chi connectivity index (χ4v) is 3.48. The van der Waals surface area contributed by atoms with Gasteiger partial charge in [0.05, 0.1) is 4.92 Å². The summed E-state index contributed by atoms with van der Waals surface area (Å²) in [7, 11) is 0. The van der Waals surface area contributed by atoms with Gasteiger partial charge in [-0.25, -0.2) is 0 Å². The lowest BCUT2D eigenvalue weighted by Gasteiger charge is -2.22. The number of nitro groups is 1. The number of hydrogen-bond donors (Lipinski definition) is 0. The number of carbonyl (C=O) groups is 1. The molecule has 3 rings (SSSR count). The summed E-state index contributed by atoms with van der Waals surface area (Å²) in [6.07, 6.45) is 0.806. The lowest BCUT2D eigenvalue weighted by molar-refractivity contribution is -0.385. The first-order valence-electron chi connectivity index (χ1n) is 8.64. The maximum atomic E-state index is 12.8. The third-order valence-corrected chi connectivity index (χ3v) is 5.07. The first kappa shape index (κ1) is 19.6. The van der Waals surface area contributed by atoms with Gasteiger partial charge < -0.3 is 4.90 Å². The summed E-state index contributed by atoms with van der Waals surface area (Å²) in [6.45, 7) is 3.42. The van der Waals surface area contributed by atoms with Crippen LogP contribution in [0.5, 0.6) is 0 Å². The standard InChI is InChI=1S/C19H19Cl2N3O3/c20-15-4-2-14(3-5-15)13-22-8-1-9-23(11-10-22)19(25)17-7-6-16(21)12-18(17)24(26)27/h2-7,12H,1,8-11,13H2. The lowest BCUT2D eigenvalue weighted by atomic mass is 10.1. The average Bonchev–Trinajstić information content (AvgIpc) is 2.88. The Kier molecular flexibility index (Phi) is 6.31. The molecule has 6 nitrogen and oxygen atoms in total. The Morgan fingerprint density at radius 3 is 2.41 bits per heavy atom. The lowest BCUT2D eigenvalue weighted by Crippen LogP contribution is -2.35. The van der Waals surface area contributed by atoms with Crippen LogP contribution in [0.1, 0.15) is 22.3 Å². The normalized spacial score (nSPS) is 15.4. The van der Waals surface area contributed by atoms with E-state index in [0.717, 1.165) is 25.1 Å². The van der Waals surface area contributed by atoms with Crippen molar-refractivity contribution in [3.05, 3.63) is 73.8 Å². The zero-order valence-corrected chi connectivity index (χ0v) is 16.1. The van der Waals surface area contributed by atoms with Gasteiger partial charge in [-0.1, -0.05) is 35.3 Å². The predicted octanol–water partition coefficient (Wildman–Crippen LogP) is 4.25. The number of rotatable bonds is 4. The Morgan fingerprint density at radius 1 is 1.00 bits per heavy atom. The van der Waals surface area contributed by atoms with E-state index in [1.165, 1.54) is 18.2 Å². The molecule has 0 saturated carbocycles. The molecule has 1 aliphatic rings. The second-order valence-electron chi connectivity index (χ2n) is 6.47. The summed E-state index contributed by atoms with van der Waals surface area (Å²) in [5.41, 5.74) is 0.984. The molecule has 0 aliphatic carbocycles. The average molecular weight is 408 g/mol. The zero-order chi connectivity index (χ0) is 19.4. The Hall–Kier alpha value is -2.15. The summed E-state index contributed by atoms with van der Waals surface area (Å²) in [5, 5.41) is 12.2. The van der Waals surface area contributed by atoms with Gasteiger partial charge in [-0.2, -0.15) is 0 Å². The Bertz CT molecular complexity index is 843. The Morgan fingerprint density at radius 2 is 1.70 bits per heavy atom. The molecule has 1 saturated heterocycles. The van der Waals surface area contributed by atoms with Crippen LogP contribution in [-0.2, 0) is 6.54 Å². The smallest absolute Gasteiger partial charge is 0.283 e. The highest BCUT2D eigenvalue weighted by Gasteiger charge is 2.26. The van der Waals surface area contributed by atoms with Crippen molar-refractivity contribution in [2.75, 3.05) is 26.2 Å². The van der Waals surface area contributed by atoms with Gasteiger partial charge in [0.2, 0.25) is 0 Å². The van der Waals surface area contributed by atoms with Gasteiger partial charge in [0.15, 0.2) is 0 Å². The maximum Gasteiger partial charge on any atom is 0.283 e. The van der Waals surface area contributed by atoms with E-state index in [1.807, 2.05) is 24.3 Å². The molecule has 27 heavy (non-hydrogen) atoms. The van der Waals surface area contributed by atoms with E-state index >= 15 is 0 Å². The number of nitrogens with zero attached hydrogens (tertiary/aromatic N) is 3. The second kappa shape index (κ2) is 8.69. The van der Waals surface area contributed by atoms with Gasteiger partial charge in [0, 0.05) is 48.8 Å². The van der Waals surface area contributed by atoms with Gasteiger partial charge in [-0.05, 0) is 36.2 Å². The monoisotopic (exact) mass is 407 g/mol. The van der Waals surface area contributed by atoms with Crippen molar-refractivity contribution in [3.63, 3.8) is 0 Å². The van der Waals surface area contributed by atoms with E-state index in [4.69, 9.17) is 23.2 Å². The van der Waals surface area contributed by atoms with Crippen LogP contribution in [0.25, 0.3) is 0 Å². The molecule has 0 N–H and O–H groups in total. The quantitative estimate of drug-likeness (QED) is 0.561. The van der Waals surface area contributed by atoms with E-state index in [9.17, 15) is 14.9 Å². The molecule has 1 amide bonds. The number of hydrogen-bond acceptors (Lipinski definition) is 4. The fraction of sp³-hybridized carbons (Fsp3) is 0.316. The molecule has 1 fully saturated rings. The minimum atomic E-state index is -0.566.